The van der Waals surface area contributed by atoms with Gasteiger partial charge in [0.15, 0.2) is 11.5 Å². The summed E-state index contributed by atoms with van der Waals surface area (Å²) in [5, 5.41) is 2.88. The summed E-state index contributed by atoms with van der Waals surface area (Å²) in [6, 6.07) is 19.1. The van der Waals surface area contributed by atoms with Crippen LogP contribution in [0.1, 0.15) is 32.3 Å². The summed E-state index contributed by atoms with van der Waals surface area (Å²) >= 11 is 3.45. The van der Waals surface area contributed by atoms with Crippen LogP contribution in [0.15, 0.2) is 82.2 Å². The molecule has 0 spiro atoms. The van der Waals surface area contributed by atoms with Gasteiger partial charge in [-0.05, 0) is 55.3 Å². The second kappa shape index (κ2) is 14.9. The lowest BCUT2D eigenvalue weighted by Gasteiger charge is -2.32. The number of amides is 2. The van der Waals surface area contributed by atoms with Crippen molar-refractivity contribution in [1.82, 2.24) is 10.2 Å². The van der Waals surface area contributed by atoms with Gasteiger partial charge in [0.25, 0.3) is 10.0 Å². The maximum atomic E-state index is 14.0. The third kappa shape index (κ3) is 8.23. The first-order valence-corrected chi connectivity index (χ1v) is 15.5. The first-order chi connectivity index (χ1) is 19.6. The maximum absolute atomic E-state index is 14.0. The fourth-order valence-corrected chi connectivity index (χ4v) is 6.05. The molecule has 2 amide bonds. The summed E-state index contributed by atoms with van der Waals surface area (Å²) in [6.45, 7) is 3.70. The molecule has 220 valence electrons. The quantitative estimate of drug-likeness (QED) is 0.248. The van der Waals surface area contributed by atoms with Crippen molar-refractivity contribution in [2.75, 3.05) is 31.6 Å². The first kappa shape index (κ1) is 32.0. The summed E-state index contributed by atoms with van der Waals surface area (Å²) in [6.07, 6.45) is 1.72. The monoisotopic (exact) mass is 645 g/mol. The highest BCUT2D eigenvalue weighted by Crippen LogP contribution is 2.34. The van der Waals surface area contributed by atoms with Crippen LogP contribution in [0.5, 0.6) is 11.5 Å². The molecule has 41 heavy (non-hydrogen) atoms. The van der Waals surface area contributed by atoms with Gasteiger partial charge >= 0.3 is 0 Å². The van der Waals surface area contributed by atoms with E-state index in [1.165, 1.54) is 37.3 Å². The Labute approximate surface area is 250 Å². The minimum atomic E-state index is -4.19. The van der Waals surface area contributed by atoms with Crippen molar-refractivity contribution in [3.8, 4) is 11.5 Å². The van der Waals surface area contributed by atoms with Crippen LogP contribution in [0.2, 0.25) is 0 Å². The molecule has 0 radical (unpaired) electrons. The van der Waals surface area contributed by atoms with Crippen LogP contribution in [0, 0.1) is 0 Å². The standard InChI is InChI=1S/C30H36BrN3O6S/c1-5-6-17-32-30(36)22(2)33(20-23-11-10-12-24(31)18-23)29(35)21-34(41(37,38)26-13-8-7-9-14-26)25-15-16-27(39-3)28(19-25)40-4/h7-16,18-19,22H,5-6,17,20-21H2,1-4H3,(H,32,36). The smallest absolute Gasteiger partial charge is 0.264 e. The SMILES string of the molecule is CCCCNC(=O)C(C)N(Cc1cccc(Br)c1)C(=O)CN(c1ccc(OC)c(OC)c1)S(=O)(=O)c1ccccc1. The van der Waals surface area contributed by atoms with Gasteiger partial charge in [-0.1, -0.05) is 59.6 Å². The average Bonchev–Trinajstić information content (AvgIpc) is 2.98. The fourth-order valence-electron chi connectivity index (χ4n) is 4.18. The summed E-state index contributed by atoms with van der Waals surface area (Å²) in [5.41, 5.74) is 0.992. The topological polar surface area (TPSA) is 105 Å². The van der Waals surface area contributed by atoms with E-state index in [0.717, 1.165) is 27.2 Å². The van der Waals surface area contributed by atoms with Crippen molar-refractivity contribution in [2.45, 2.75) is 44.2 Å². The van der Waals surface area contributed by atoms with E-state index in [2.05, 4.69) is 21.2 Å². The van der Waals surface area contributed by atoms with Crippen LogP contribution in [0.3, 0.4) is 0 Å². The molecule has 0 fully saturated rings. The lowest BCUT2D eigenvalue weighted by atomic mass is 10.1. The highest BCUT2D eigenvalue weighted by Gasteiger charge is 2.33. The highest BCUT2D eigenvalue weighted by molar-refractivity contribution is 9.10. The van der Waals surface area contributed by atoms with E-state index in [0.29, 0.717) is 18.0 Å². The van der Waals surface area contributed by atoms with E-state index >= 15 is 0 Å². The minimum absolute atomic E-state index is 0.0199. The molecule has 0 aliphatic rings. The Bertz CT molecular complexity index is 1440. The Morgan fingerprint density at radius 3 is 2.29 bits per heavy atom. The van der Waals surface area contributed by atoms with Crippen LogP contribution in [-0.2, 0) is 26.2 Å². The van der Waals surface area contributed by atoms with Crippen molar-refractivity contribution in [3.05, 3.63) is 82.8 Å². The molecule has 11 heteroatoms. The molecule has 0 aliphatic carbocycles. The lowest BCUT2D eigenvalue weighted by Crippen LogP contribution is -2.51. The third-order valence-corrected chi connectivity index (χ3v) is 8.79. The zero-order valence-electron chi connectivity index (χ0n) is 23.7. The van der Waals surface area contributed by atoms with Crippen molar-refractivity contribution in [3.63, 3.8) is 0 Å². The molecule has 1 N–H and O–H groups in total. The van der Waals surface area contributed by atoms with Crippen LogP contribution < -0.4 is 19.1 Å². The number of methoxy groups -OCH3 is 2. The molecular weight excluding hydrogens is 610 g/mol. The van der Waals surface area contributed by atoms with E-state index in [1.54, 1.807) is 37.3 Å². The van der Waals surface area contributed by atoms with Gasteiger partial charge in [0.05, 0.1) is 24.8 Å². The molecule has 0 saturated carbocycles. The van der Waals surface area contributed by atoms with E-state index in [-0.39, 0.29) is 23.0 Å². The average molecular weight is 647 g/mol. The number of unbranched alkanes of at least 4 members (excludes halogenated alkanes) is 1. The number of sulfonamides is 1. The first-order valence-electron chi connectivity index (χ1n) is 13.2. The molecule has 0 aliphatic heterocycles. The number of carbonyl (C=O) groups excluding carboxylic acids is 2. The van der Waals surface area contributed by atoms with Gasteiger partial charge in [-0.25, -0.2) is 8.42 Å². The predicted molar refractivity (Wildman–Crippen MR) is 163 cm³/mol. The molecule has 3 aromatic rings. The van der Waals surface area contributed by atoms with E-state index in [4.69, 9.17) is 9.47 Å². The number of halogens is 1. The molecule has 9 nitrogen and oxygen atoms in total. The van der Waals surface area contributed by atoms with Gasteiger partial charge in [0.2, 0.25) is 11.8 Å². The zero-order valence-corrected chi connectivity index (χ0v) is 26.1. The largest absolute Gasteiger partial charge is 0.493 e. The van der Waals surface area contributed by atoms with Gasteiger partial charge in [-0.2, -0.15) is 0 Å². The number of nitrogens with zero attached hydrogens (tertiary/aromatic N) is 2. The maximum Gasteiger partial charge on any atom is 0.264 e. The molecule has 0 heterocycles. The second-order valence-electron chi connectivity index (χ2n) is 9.34. The number of carbonyl (C=O) groups is 2. The number of ether oxygens (including phenoxy) is 2. The van der Waals surface area contributed by atoms with Gasteiger partial charge in [0.1, 0.15) is 12.6 Å². The third-order valence-electron chi connectivity index (χ3n) is 6.50. The number of hydrogen-bond acceptors (Lipinski definition) is 6. The Kier molecular flexibility index (Phi) is 11.6. The van der Waals surface area contributed by atoms with Gasteiger partial charge in [-0.15, -0.1) is 0 Å². The Morgan fingerprint density at radius 1 is 0.951 bits per heavy atom. The molecule has 0 aromatic heterocycles. The normalized spacial score (nSPS) is 11.8. The number of hydrogen-bond donors (Lipinski definition) is 1. The minimum Gasteiger partial charge on any atom is -0.493 e. The van der Waals surface area contributed by atoms with Crippen molar-refractivity contribution in [1.29, 1.82) is 0 Å². The number of benzene rings is 3. The Balaban J connectivity index is 2.05. The molecule has 3 aromatic carbocycles. The number of anilines is 1. The van der Waals surface area contributed by atoms with Gasteiger partial charge in [0, 0.05) is 23.6 Å². The van der Waals surface area contributed by atoms with Crippen molar-refractivity contribution in [2.24, 2.45) is 0 Å². The molecular formula is C30H36BrN3O6S. The van der Waals surface area contributed by atoms with Crippen LogP contribution >= 0.6 is 15.9 Å². The number of rotatable bonds is 14. The molecule has 1 unspecified atom stereocenters. The summed E-state index contributed by atoms with van der Waals surface area (Å²) < 4.78 is 40.4. The van der Waals surface area contributed by atoms with Crippen LogP contribution in [0.4, 0.5) is 5.69 Å². The van der Waals surface area contributed by atoms with Gasteiger partial charge in [-0.3, -0.25) is 13.9 Å². The summed E-state index contributed by atoms with van der Waals surface area (Å²) in [4.78, 5) is 28.5. The predicted octanol–water partition coefficient (Wildman–Crippen LogP) is 5.00. The van der Waals surface area contributed by atoms with E-state index < -0.39 is 28.5 Å². The Hall–Kier alpha value is -3.57. The van der Waals surface area contributed by atoms with E-state index in [1.807, 2.05) is 31.2 Å². The van der Waals surface area contributed by atoms with Crippen molar-refractivity contribution < 1.29 is 27.5 Å². The number of nitrogens with one attached hydrogen (secondary N) is 1. The van der Waals surface area contributed by atoms with E-state index in [9.17, 15) is 18.0 Å². The van der Waals surface area contributed by atoms with Gasteiger partial charge < -0.3 is 19.7 Å². The zero-order chi connectivity index (χ0) is 30.0. The summed E-state index contributed by atoms with van der Waals surface area (Å²) in [7, 11) is -1.26. The molecule has 0 saturated heterocycles. The van der Waals surface area contributed by atoms with Crippen LogP contribution in [-0.4, -0.2) is 58.5 Å². The fraction of sp³-hybridized carbons (Fsp3) is 0.333. The molecule has 0 bridgehead atoms. The Morgan fingerprint density at radius 2 is 1.66 bits per heavy atom. The van der Waals surface area contributed by atoms with Crippen LogP contribution in [0.25, 0.3) is 0 Å². The molecule has 3 rings (SSSR count). The second-order valence-corrected chi connectivity index (χ2v) is 12.1. The van der Waals surface area contributed by atoms with Crippen molar-refractivity contribution >= 4 is 43.5 Å². The molecule has 1 atom stereocenters. The lowest BCUT2D eigenvalue weighted by molar-refractivity contribution is -0.139. The summed E-state index contributed by atoms with van der Waals surface area (Å²) in [5.74, 6) is -0.142. The highest BCUT2D eigenvalue weighted by atomic mass is 79.9.